The molecule has 0 aliphatic heterocycles. The molecular formula is C18H18FN3O3S. The molecule has 1 aromatic carbocycles. The van der Waals surface area contributed by atoms with Gasteiger partial charge in [0.1, 0.15) is 16.5 Å². The minimum absolute atomic E-state index is 0.157. The fraction of sp³-hybridized carbons (Fsp3) is 0.278. The smallest absolute Gasteiger partial charge is 0.262 e. The van der Waals surface area contributed by atoms with Crippen molar-refractivity contribution in [2.24, 2.45) is 5.73 Å². The molecule has 26 heavy (non-hydrogen) atoms. The molecule has 0 aliphatic carbocycles. The Bertz CT molecular complexity index is 1040. The molecule has 136 valence electrons. The summed E-state index contributed by atoms with van der Waals surface area (Å²) in [6, 6.07) is 6.36. The zero-order valence-electron chi connectivity index (χ0n) is 14.4. The fourth-order valence-corrected chi connectivity index (χ4v) is 3.90. The molecule has 3 rings (SSSR count). The van der Waals surface area contributed by atoms with Crippen molar-refractivity contribution in [3.63, 3.8) is 0 Å². The summed E-state index contributed by atoms with van der Waals surface area (Å²) in [6.07, 6.45) is 0.157. The van der Waals surface area contributed by atoms with E-state index >= 15 is 0 Å². The van der Waals surface area contributed by atoms with Crippen LogP contribution in [0.1, 0.15) is 26.6 Å². The molecule has 0 saturated heterocycles. The van der Waals surface area contributed by atoms with Gasteiger partial charge < -0.3 is 10.5 Å². The second-order valence-electron chi connectivity index (χ2n) is 5.85. The average Bonchev–Trinajstić information content (AvgIpc) is 2.93. The number of amides is 1. The Balaban J connectivity index is 2.21. The van der Waals surface area contributed by atoms with Gasteiger partial charge in [0.05, 0.1) is 23.4 Å². The molecule has 3 aromatic rings. The molecule has 0 fully saturated rings. The van der Waals surface area contributed by atoms with E-state index in [0.717, 1.165) is 11.3 Å². The molecule has 0 bridgehead atoms. The molecule has 2 heterocycles. The lowest BCUT2D eigenvalue weighted by atomic mass is 10.1. The predicted octanol–water partition coefficient (Wildman–Crippen LogP) is 2.24. The SMILES string of the molecule is COCCn1c(Cc2ccccc2F)nc2sc(C(N)=O)c(C)c2c1=O. The summed E-state index contributed by atoms with van der Waals surface area (Å²) in [5.74, 6) is -0.536. The zero-order valence-corrected chi connectivity index (χ0v) is 15.2. The highest BCUT2D eigenvalue weighted by molar-refractivity contribution is 7.20. The monoisotopic (exact) mass is 375 g/mol. The topological polar surface area (TPSA) is 87.2 Å². The minimum atomic E-state index is -0.594. The van der Waals surface area contributed by atoms with Crippen molar-refractivity contribution in [2.45, 2.75) is 19.9 Å². The van der Waals surface area contributed by atoms with Gasteiger partial charge in [0, 0.05) is 13.5 Å². The van der Waals surface area contributed by atoms with Crippen LogP contribution in [0.15, 0.2) is 29.1 Å². The average molecular weight is 375 g/mol. The van der Waals surface area contributed by atoms with Gasteiger partial charge >= 0.3 is 0 Å². The molecule has 0 saturated carbocycles. The molecule has 0 atom stereocenters. The number of nitrogens with two attached hydrogens (primary N) is 1. The van der Waals surface area contributed by atoms with Crippen molar-refractivity contribution in [1.82, 2.24) is 9.55 Å². The van der Waals surface area contributed by atoms with E-state index in [-0.39, 0.29) is 24.3 Å². The maximum absolute atomic E-state index is 14.0. The maximum Gasteiger partial charge on any atom is 0.262 e. The molecule has 8 heteroatoms. The summed E-state index contributed by atoms with van der Waals surface area (Å²) in [5, 5.41) is 0.372. The molecule has 1 amide bonds. The highest BCUT2D eigenvalue weighted by Gasteiger charge is 2.20. The summed E-state index contributed by atoms with van der Waals surface area (Å²) >= 11 is 1.08. The van der Waals surface area contributed by atoms with E-state index in [0.29, 0.717) is 38.7 Å². The zero-order chi connectivity index (χ0) is 18.8. The highest BCUT2D eigenvalue weighted by Crippen LogP contribution is 2.27. The Hall–Kier alpha value is -2.58. The summed E-state index contributed by atoms with van der Waals surface area (Å²) < 4.78 is 20.6. The van der Waals surface area contributed by atoms with E-state index in [1.165, 1.54) is 17.7 Å². The number of carbonyl (C=O) groups excluding carboxylic acids is 1. The number of hydrogen-bond donors (Lipinski definition) is 1. The number of hydrogen-bond acceptors (Lipinski definition) is 5. The Morgan fingerprint density at radius 2 is 2.12 bits per heavy atom. The van der Waals surface area contributed by atoms with Gasteiger partial charge in [-0.25, -0.2) is 9.37 Å². The van der Waals surface area contributed by atoms with Gasteiger partial charge in [0.15, 0.2) is 0 Å². The van der Waals surface area contributed by atoms with Gasteiger partial charge in [-0.2, -0.15) is 0 Å². The third kappa shape index (κ3) is 3.25. The van der Waals surface area contributed by atoms with Crippen LogP contribution in [0.25, 0.3) is 10.2 Å². The van der Waals surface area contributed by atoms with E-state index in [1.807, 2.05) is 0 Å². The normalized spacial score (nSPS) is 11.2. The van der Waals surface area contributed by atoms with E-state index < -0.39 is 5.91 Å². The summed E-state index contributed by atoms with van der Waals surface area (Å²) in [5.41, 5.74) is 6.08. The number of fused-ring (bicyclic) bond motifs is 1. The summed E-state index contributed by atoms with van der Waals surface area (Å²) in [7, 11) is 1.54. The number of aryl methyl sites for hydroxylation is 1. The quantitative estimate of drug-likeness (QED) is 0.716. The Labute approximate surface area is 153 Å². The third-order valence-electron chi connectivity index (χ3n) is 4.18. The van der Waals surface area contributed by atoms with Crippen molar-refractivity contribution in [1.29, 1.82) is 0 Å². The van der Waals surface area contributed by atoms with Crippen LogP contribution >= 0.6 is 11.3 Å². The summed E-state index contributed by atoms with van der Waals surface area (Å²) in [4.78, 5) is 29.9. The molecule has 0 aliphatic rings. The van der Waals surface area contributed by atoms with Gasteiger partial charge in [-0.05, 0) is 24.1 Å². The maximum atomic E-state index is 14.0. The van der Waals surface area contributed by atoms with Crippen molar-refractivity contribution in [3.8, 4) is 0 Å². The van der Waals surface area contributed by atoms with Crippen LogP contribution in [0.4, 0.5) is 4.39 Å². The second-order valence-corrected chi connectivity index (χ2v) is 6.85. The van der Waals surface area contributed by atoms with E-state index in [1.54, 1.807) is 25.1 Å². The lowest BCUT2D eigenvalue weighted by Gasteiger charge is -2.12. The largest absolute Gasteiger partial charge is 0.383 e. The number of primary amides is 1. The molecule has 6 nitrogen and oxygen atoms in total. The lowest BCUT2D eigenvalue weighted by Crippen LogP contribution is -2.27. The van der Waals surface area contributed by atoms with Crippen molar-refractivity contribution in [2.75, 3.05) is 13.7 Å². The number of aromatic nitrogens is 2. The second kappa shape index (κ2) is 7.35. The van der Waals surface area contributed by atoms with Crippen LogP contribution in [-0.2, 0) is 17.7 Å². The standard InChI is InChI=1S/C18H18FN3O3S/c1-10-14-17(26-15(10)16(20)23)21-13(22(18(14)24)7-8-25-2)9-11-5-3-4-6-12(11)19/h3-6H,7-9H2,1-2H3,(H2,20,23). The van der Waals surface area contributed by atoms with E-state index in [2.05, 4.69) is 4.98 Å². The van der Waals surface area contributed by atoms with Gasteiger partial charge in [-0.1, -0.05) is 18.2 Å². The molecule has 0 radical (unpaired) electrons. The van der Waals surface area contributed by atoms with Crippen LogP contribution in [0.3, 0.4) is 0 Å². The third-order valence-corrected chi connectivity index (χ3v) is 5.38. The van der Waals surface area contributed by atoms with E-state index in [9.17, 15) is 14.0 Å². The van der Waals surface area contributed by atoms with Gasteiger partial charge in [-0.3, -0.25) is 14.2 Å². The Kier molecular flexibility index (Phi) is 5.15. The number of ether oxygens (including phenoxy) is 1. The van der Waals surface area contributed by atoms with Gasteiger partial charge in [0.2, 0.25) is 0 Å². The summed E-state index contributed by atoms with van der Waals surface area (Å²) in [6.45, 7) is 2.27. The molecular weight excluding hydrogens is 357 g/mol. The lowest BCUT2D eigenvalue weighted by molar-refractivity contribution is 0.100. The van der Waals surface area contributed by atoms with Gasteiger partial charge in [0.25, 0.3) is 11.5 Å². The number of halogens is 1. The Morgan fingerprint density at radius 3 is 2.77 bits per heavy atom. The molecule has 2 N–H and O–H groups in total. The van der Waals surface area contributed by atoms with Crippen LogP contribution in [-0.4, -0.2) is 29.2 Å². The van der Waals surface area contributed by atoms with Gasteiger partial charge in [-0.15, -0.1) is 11.3 Å². The molecule has 2 aromatic heterocycles. The van der Waals surface area contributed by atoms with Crippen molar-refractivity contribution in [3.05, 3.63) is 62.3 Å². The first-order valence-corrected chi connectivity index (χ1v) is 8.80. The molecule has 0 spiro atoms. The number of thiophene rings is 1. The fourth-order valence-electron chi connectivity index (χ4n) is 2.85. The number of rotatable bonds is 6. The Morgan fingerprint density at radius 1 is 1.38 bits per heavy atom. The van der Waals surface area contributed by atoms with Crippen LogP contribution in [0.2, 0.25) is 0 Å². The number of nitrogens with zero attached hydrogens (tertiary/aromatic N) is 2. The van der Waals surface area contributed by atoms with Crippen LogP contribution in [0.5, 0.6) is 0 Å². The number of benzene rings is 1. The minimum Gasteiger partial charge on any atom is -0.383 e. The number of methoxy groups -OCH3 is 1. The highest BCUT2D eigenvalue weighted by atomic mass is 32.1. The van der Waals surface area contributed by atoms with Crippen molar-refractivity contribution < 1.29 is 13.9 Å². The first kappa shape index (κ1) is 18.2. The van der Waals surface area contributed by atoms with E-state index in [4.69, 9.17) is 10.5 Å². The predicted molar refractivity (Wildman–Crippen MR) is 98.2 cm³/mol. The first-order chi connectivity index (χ1) is 12.4. The van der Waals surface area contributed by atoms with Crippen LogP contribution < -0.4 is 11.3 Å². The van der Waals surface area contributed by atoms with Crippen LogP contribution in [0, 0.1) is 12.7 Å². The first-order valence-electron chi connectivity index (χ1n) is 7.99. The van der Waals surface area contributed by atoms with Crippen molar-refractivity contribution >= 4 is 27.5 Å². The number of carbonyl (C=O) groups is 1. The molecule has 0 unspecified atom stereocenters.